The predicted octanol–water partition coefficient (Wildman–Crippen LogP) is 1.50. The van der Waals surface area contributed by atoms with Crippen LogP contribution in [0.25, 0.3) is 0 Å². The number of aliphatic carboxylic acids is 1. The van der Waals surface area contributed by atoms with E-state index >= 15 is 0 Å². The van der Waals surface area contributed by atoms with Gasteiger partial charge in [0.05, 0.1) is 18.6 Å². The minimum absolute atomic E-state index is 0.0437. The van der Waals surface area contributed by atoms with Crippen molar-refractivity contribution in [3.63, 3.8) is 0 Å². The normalized spacial score (nSPS) is 13.1. The molecule has 0 aromatic carbocycles. The number of carbonyl (C=O) groups is 1. The minimum atomic E-state index is -0.741. The minimum Gasteiger partial charge on any atom is -0.481 e. The van der Waals surface area contributed by atoms with Gasteiger partial charge in [-0.2, -0.15) is 0 Å². The van der Waals surface area contributed by atoms with Gasteiger partial charge in [-0.25, -0.2) is 0 Å². The van der Waals surface area contributed by atoms with Gasteiger partial charge in [0.25, 0.3) is 0 Å². The maximum absolute atomic E-state index is 9.70. The van der Waals surface area contributed by atoms with Crippen LogP contribution in [0.3, 0.4) is 0 Å². The van der Waals surface area contributed by atoms with Gasteiger partial charge in [0.1, 0.15) is 0 Å². The van der Waals surface area contributed by atoms with Crippen molar-refractivity contribution in [3.8, 4) is 0 Å². The second kappa shape index (κ2) is 7.65. The van der Waals surface area contributed by atoms with Gasteiger partial charge in [-0.05, 0) is 6.42 Å². The zero-order chi connectivity index (χ0) is 12.6. The van der Waals surface area contributed by atoms with Gasteiger partial charge in [0.15, 0.2) is 0 Å². The SMILES string of the molecule is CC(C)C(=O)O.CCC(O)C(C)(C)CO. The van der Waals surface area contributed by atoms with E-state index < -0.39 is 5.97 Å². The van der Waals surface area contributed by atoms with E-state index in [1.807, 2.05) is 20.8 Å². The second-order valence-corrected chi connectivity index (χ2v) is 4.56. The van der Waals surface area contributed by atoms with Crippen LogP contribution in [0, 0.1) is 11.3 Å². The molecule has 0 aliphatic carbocycles. The average Bonchev–Trinajstić information content (AvgIpc) is 2.17. The number of aliphatic hydroxyl groups excluding tert-OH is 2. The summed E-state index contributed by atoms with van der Waals surface area (Å²) in [5.74, 6) is -0.972. The van der Waals surface area contributed by atoms with Crippen molar-refractivity contribution in [3.05, 3.63) is 0 Å². The van der Waals surface area contributed by atoms with E-state index in [4.69, 9.17) is 10.2 Å². The fraction of sp³-hybridized carbons (Fsp3) is 0.909. The fourth-order valence-corrected chi connectivity index (χ4v) is 0.658. The van der Waals surface area contributed by atoms with Crippen LogP contribution in [-0.2, 0) is 4.79 Å². The van der Waals surface area contributed by atoms with Crippen LogP contribution in [0.1, 0.15) is 41.0 Å². The first-order chi connectivity index (χ1) is 6.68. The van der Waals surface area contributed by atoms with Gasteiger partial charge in [-0.3, -0.25) is 4.79 Å². The van der Waals surface area contributed by atoms with Crippen molar-refractivity contribution in [1.82, 2.24) is 0 Å². The molecule has 4 nitrogen and oxygen atoms in total. The number of carboxylic acids is 1. The first-order valence-corrected chi connectivity index (χ1v) is 5.20. The van der Waals surface area contributed by atoms with Gasteiger partial charge in [-0.1, -0.05) is 34.6 Å². The molecule has 0 bridgehead atoms. The molecule has 0 aromatic rings. The van der Waals surface area contributed by atoms with Crippen molar-refractivity contribution < 1.29 is 20.1 Å². The summed E-state index contributed by atoms with van der Waals surface area (Å²) in [6, 6.07) is 0. The lowest BCUT2D eigenvalue weighted by atomic mass is 9.86. The average molecular weight is 220 g/mol. The van der Waals surface area contributed by atoms with Gasteiger partial charge in [0.2, 0.25) is 0 Å². The van der Waals surface area contributed by atoms with Gasteiger partial charge in [0, 0.05) is 5.41 Å². The van der Waals surface area contributed by atoms with E-state index in [1.165, 1.54) is 0 Å². The third kappa shape index (κ3) is 8.39. The molecule has 0 rings (SSSR count). The lowest BCUT2D eigenvalue weighted by Crippen LogP contribution is -2.31. The quantitative estimate of drug-likeness (QED) is 0.671. The Kier molecular flexibility index (Phi) is 8.57. The Morgan fingerprint density at radius 3 is 1.73 bits per heavy atom. The molecule has 0 saturated carbocycles. The van der Waals surface area contributed by atoms with Crippen LogP contribution in [0.15, 0.2) is 0 Å². The highest BCUT2D eigenvalue weighted by Gasteiger charge is 2.24. The third-order valence-electron chi connectivity index (χ3n) is 2.19. The third-order valence-corrected chi connectivity index (χ3v) is 2.19. The topological polar surface area (TPSA) is 77.8 Å². The summed E-state index contributed by atoms with van der Waals surface area (Å²) >= 11 is 0. The summed E-state index contributed by atoms with van der Waals surface area (Å²) in [6.45, 7) is 8.93. The van der Waals surface area contributed by atoms with E-state index in [9.17, 15) is 9.90 Å². The van der Waals surface area contributed by atoms with Crippen molar-refractivity contribution in [2.75, 3.05) is 6.61 Å². The second-order valence-electron chi connectivity index (χ2n) is 4.56. The zero-order valence-electron chi connectivity index (χ0n) is 10.3. The molecular weight excluding hydrogens is 196 g/mol. The molecule has 0 fully saturated rings. The number of carboxylic acid groups (broad SMARTS) is 1. The first kappa shape index (κ1) is 16.8. The molecule has 0 spiro atoms. The molecule has 0 radical (unpaired) electrons. The maximum Gasteiger partial charge on any atom is 0.305 e. The van der Waals surface area contributed by atoms with Crippen LogP contribution in [0.5, 0.6) is 0 Å². The highest BCUT2D eigenvalue weighted by molar-refractivity contribution is 5.68. The molecule has 0 aliphatic heterocycles. The Labute approximate surface area is 91.9 Å². The van der Waals surface area contributed by atoms with Gasteiger partial charge >= 0.3 is 5.97 Å². The largest absolute Gasteiger partial charge is 0.481 e. The maximum atomic E-state index is 9.70. The Hall–Kier alpha value is -0.610. The Morgan fingerprint density at radius 2 is 1.67 bits per heavy atom. The first-order valence-electron chi connectivity index (χ1n) is 5.20. The summed E-state index contributed by atoms with van der Waals surface area (Å²) in [4.78, 5) is 9.70. The van der Waals surface area contributed by atoms with Crippen LogP contribution in [-0.4, -0.2) is 34.0 Å². The van der Waals surface area contributed by atoms with Crippen LogP contribution < -0.4 is 0 Å². The van der Waals surface area contributed by atoms with E-state index in [1.54, 1.807) is 13.8 Å². The van der Waals surface area contributed by atoms with Crippen molar-refractivity contribution >= 4 is 5.97 Å². The lowest BCUT2D eigenvalue weighted by molar-refractivity contribution is -0.140. The molecule has 1 atom stereocenters. The summed E-state index contributed by atoms with van der Waals surface area (Å²) in [5, 5.41) is 26.0. The van der Waals surface area contributed by atoms with E-state index in [2.05, 4.69) is 0 Å². The number of hydrogen-bond donors (Lipinski definition) is 3. The molecule has 1 unspecified atom stereocenters. The molecule has 0 saturated heterocycles. The van der Waals surface area contributed by atoms with E-state index in [-0.39, 0.29) is 24.0 Å². The van der Waals surface area contributed by atoms with E-state index in [0.29, 0.717) is 6.42 Å². The number of rotatable bonds is 4. The molecule has 92 valence electrons. The van der Waals surface area contributed by atoms with Crippen LogP contribution >= 0.6 is 0 Å². The Balaban J connectivity index is 0. The number of hydrogen-bond acceptors (Lipinski definition) is 3. The fourth-order valence-electron chi connectivity index (χ4n) is 0.658. The van der Waals surface area contributed by atoms with Crippen molar-refractivity contribution in [2.24, 2.45) is 11.3 Å². The highest BCUT2D eigenvalue weighted by atomic mass is 16.4. The molecule has 0 aromatic heterocycles. The summed E-state index contributed by atoms with van der Waals surface area (Å²) in [6.07, 6.45) is 0.315. The Morgan fingerprint density at radius 1 is 1.33 bits per heavy atom. The standard InChI is InChI=1S/C7H16O2.C4H8O2/c1-4-6(9)7(2,3)5-8;1-3(2)4(5)6/h6,8-9H,4-5H2,1-3H3;3H,1-2H3,(H,5,6). The molecule has 4 heteroatoms. The van der Waals surface area contributed by atoms with Gasteiger partial charge < -0.3 is 15.3 Å². The molecule has 0 aliphatic rings. The van der Waals surface area contributed by atoms with Crippen LogP contribution in [0.2, 0.25) is 0 Å². The predicted molar refractivity (Wildman–Crippen MR) is 59.6 cm³/mol. The van der Waals surface area contributed by atoms with Crippen LogP contribution in [0.4, 0.5) is 0 Å². The molecular formula is C11H24O4. The molecule has 15 heavy (non-hydrogen) atoms. The summed E-state index contributed by atoms with van der Waals surface area (Å²) < 4.78 is 0. The summed E-state index contributed by atoms with van der Waals surface area (Å²) in [5.41, 5.74) is -0.339. The lowest BCUT2D eigenvalue weighted by Gasteiger charge is -2.26. The molecule has 0 heterocycles. The molecule has 0 amide bonds. The highest BCUT2D eigenvalue weighted by Crippen LogP contribution is 2.21. The van der Waals surface area contributed by atoms with Crippen molar-refractivity contribution in [2.45, 2.75) is 47.1 Å². The van der Waals surface area contributed by atoms with E-state index in [0.717, 1.165) is 0 Å². The Bertz CT molecular complexity index is 175. The summed E-state index contributed by atoms with van der Waals surface area (Å²) in [7, 11) is 0. The van der Waals surface area contributed by atoms with Gasteiger partial charge in [-0.15, -0.1) is 0 Å². The number of aliphatic hydroxyl groups is 2. The van der Waals surface area contributed by atoms with Crippen molar-refractivity contribution in [1.29, 1.82) is 0 Å². The zero-order valence-corrected chi connectivity index (χ0v) is 10.3. The monoisotopic (exact) mass is 220 g/mol. The molecule has 3 N–H and O–H groups in total. The smallest absolute Gasteiger partial charge is 0.305 e.